The Labute approximate surface area is 117 Å². The first-order chi connectivity index (χ1) is 8.16. The van der Waals surface area contributed by atoms with Gasteiger partial charge in [0.25, 0.3) is 5.91 Å². The third kappa shape index (κ3) is 3.19. The largest absolute Gasteiger partial charge is 0.507 e. The van der Waals surface area contributed by atoms with Gasteiger partial charge in [0, 0.05) is 12.1 Å². The number of aromatic hydroxyl groups is 1. The van der Waals surface area contributed by atoms with Crippen molar-refractivity contribution in [3.05, 3.63) is 49.7 Å². The molecule has 0 atom stereocenters. The molecule has 0 saturated heterocycles. The summed E-state index contributed by atoms with van der Waals surface area (Å²) in [4.78, 5) is 11.8. The average Bonchev–Trinajstić information content (AvgIpc) is 2.82. The number of halogens is 1. The van der Waals surface area contributed by atoms with Gasteiger partial charge in [0.2, 0.25) is 0 Å². The monoisotopic (exact) mass is 359 g/mol. The number of hydrogen-bond acceptors (Lipinski definition) is 3. The number of nitrogens with one attached hydrogen (secondary N) is 1. The van der Waals surface area contributed by atoms with E-state index in [0.29, 0.717) is 12.1 Å². The summed E-state index contributed by atoms with van der Waals surface area (Å²) in [5.41, 5.74) is 1.55. The smallest absolute Gasteiger partial charge is 0.251 e. The SMILES string of the molecule is O=C(NCc1ccsc1)c1ccc(I)c(O)c1. The van der Waals surface area contributed by atoms with Gasteiger partial charge in [0.05, 0.1) is 3.57 Å². The van der Waals surface area contributed by atoms with Crippen LogP contribution in [0.3, 0.4) is 0 Å². The Morgan fingerprint density at radius 2 is 2.24 bits per heavy atom. The van der Waals surface area contributed by atoms with Gasteiger partial charge in [-0.3, -0.25) is 4.79 Å². The molecule has 3 nitrogen and oxygen atoms in total. The molecule has 0 aliphatic carbocycles. The molecule has 0 saturated carbocycles. The van der Waals surface area contributed by atoms with E-state index in [0.717, 1.165) is 9.13 Å². The predicted octanol–water partition coefficient (Wildman–Crippen LogP) is 2.99. The molecule has 2 N–H and O–H groups in total. The fraction of sp³-hybridized carbons (Fsp3) is 0.0833. The van der Waals surface area contributed by atoms with Crippen LogP contribution >= 0.6 is 33.9 Å². The Balaban J connectivity index is 2.02. The van der Waals surface area contributed by atoms with Crippen LogP contribution in [-0.2, 0) is 6.54 Å². The van der Waals surface area contributed by atoms with Gasteiger partial charge in [-0.15, -0.1) is 0 Å². The highest BCUT2D eigenvalue weighted by Gasteiger charge is 2.07. The lowest BCUT2D eigenvalue weighted by Gasteiger charge is -2.05. The predicted molar refractivity (Wildman–Crippen MR) is 76.3 cm³/mol. The van der Waals surface area contributed by atoms with Crippen molar-refractivity contribution in [1.29, 1.82) is 0 Å². The van der Waals surface area contributed by atoms with E-state index in [2.05, 4.69) is 5.32 Å². The van der Waals surface area contributed by atoms with Gasteiger partial charge in [-0.2, -0.15) is 11.3 Å². The van der Waals surface area contributed by atoms with Gasteiger partial charge in [0.1, 0.15) is 5.75 Å². The molecular formula is C12H10INO2S. The Hall–Kier alpha value is -1.08. The van der Waals surface area contributed by atoms with Crippen LogP contribution in [0.2, 0.25) is 0 Å². The number of carbonyl (C=O) groups is 1. The van der Waals surface area contributed by atoms with Crippen LogP contribution in [0.5, 0.6) is 5.75 Å². The van der Waals surface area contributed by atoms with E-state index in [9.17, 15) is 9.90 Å². The standard InChI is InChI=1S/C12H10INO2S/c13-10-2-1-9(5-11(10)15)12(16)14-6-8-3-4-17-7-8/h1-5,7,15H,6H2,(H,14,16). The molecule has 2 rings (SSSR count). The number of carbonyl (C=O) groups excluding carboxylic acids is 1. The van der Waals surface area contributed by atoms with E-state index in [1.165, 1.54) is 6.07 Å². The van der Waals surface area contributed by atoms with Crippen LogP contribution in [0.25, 0.3) is 0 Å². The summed E-state index contributed by atoms with van der Waals surface area (Å²) >= 11 is 3.61. The summed E-state index contributed by atoms with van der Waals surface area (Å²) in [6.45, 7) is 0.509. The fourth-order valence-electron chi connectivity index (χ4n) is 1.33. The second kappa shape index (κ2) is 5.50. The van der Waals surface area contributed by atoms with Gasteiger partial charge in [-0.1, -0.05) is 0 Å². The molecule has 0 aliphatic heterocycles. The van der Waals surface area contributed by atoms with Crippen LogP contribution < -0.4 is 5.32 Å². The highest BCUT2D eigenvalue weighted by molar-refractivity contribution is 14.1. The van der Waals surface area contributed by atoms with Gasteiger partial charge in [-0.05, 0) is 63.2 Å². The number of thiophene rings is 1. The Kier molecular flexibility index (Phi) is 4.01. The first-order valence-corrected chi connectivity index (χ1v) is 6.97. The van der Waals surface area contributed by atoms with Crippen molar-refractivity contribution in [1.82, 2.24) is 5.32 Å². The zero-order valence-corrected chi connectivity index (χ0v) is 11.8. The Morgan fingerprint density at radius 3 is 2.88 bits per heavy atom. The van der Waals surface area contributed by atoms with Crippen LogP contribution in [0, 0.1) is 3.57 Å². The lowest BCUT2D eigenvalue weighted by Crippen LogP contribution is -2.22. The zero-order chi connectivity index (χ0) is 12.3. The van der Waals surface area contributed by atoms with E-state index < -0.39 is 0 Å². The minimum Gasteiger partial charge on any atom is -0.507 e. The van der Waals surface area contributed by atoms with Gasteiger partial charge in [-0.25, -0.2) is 0 Å². The molecule has 2 aromatic rings. The highest BCUT2D eigenvalue weighted by Crippen LogP contribution is 2.20. The van der Waals surface area contributed by atoms with Crippen molar-refractivity contribution in [3.63, 3.8) is 0 Å². The summed E-state index contributed by atoms with van der Waals surface area (Å²) in [6.07, 6.45) is 0. The van der Waals surface area contributed by atoms with Crippen molar-refractivity contribution >= 4 is 39.8 Å². The highest BCUT2D eigenvalue weighted by atomic mass is 127. The van der Waals surface area contributed by atoms with Gasteiger partial charge >= 0.3 is 0 Å². The third-order valence-electron chi connectivity index (χ3n) is 2.24. The second-order valence-electron chi connectivity index (χ2n) is 3.48. The number of amides is 1. The average molecular weight is 359 g/mol. The lowest BCUT2D eigenvalue weighted by molar-refractivity contribution is 0.0950. The topological polar surface area (TPSA) is 49.3 Å². The van der Waals surface area contributed by atoms with Crippen molar-refractivity contribution < 1.29 is 9.90 Å². The summed E-state index contributed by atoms with van der Waals surface area (Å²) < 4.78 is 0.733. The molecule has 0 fully saturated rings. The molecule has 1 aromatic carbocycles. The maximum atomic E-state index is 11.8. The van der Waals surface area contributed by atoms with Gasteiger partial charge in [0.15, 0.2) is 0 Å². The third-order valence-corrected chi connectivity index (χ3v) is 3.89. The zero-order valence-electron chi connectivity index (χ0n) is 8.81. The second-order valence-corrected chi connectivity index (χ2v) is 5.42. The van der Waals surface area contributed by atoms with Crippen LogP contribution in [0.15, 0.2) is 35.0 Å². The molecule has 0 spiro atoms. The molecule has 1 aromatic heterocycles. The Morgan fingerprint density at radius 1 is 1.41 bits per heavy atom. The molecular weight excluding hydrogens is 349 g/mol. The fourth-order valence-corrected chi connectivity index (χ4v) is 2.34. The minimum absolute atomic E-state index is 0.133. The molecule has 5 heteroatoms. The molecule has 0 unspecified atom stereocenters. The molecule has 0 radical (unpaired) electrons. The quantitative estimate of drug-likeness (QED) is 0.828. The van der Waals surface area contributed by atoms with E-state index in [-0.39, 0.29) is 11.7 Å². The van der Waals surface area contributed by atoms with Crippen molar-refractivity contribution in [2.45, 2.75) is 6.54 Å². The summed E-state index contributed by atoms with van der Waals surface area (Å²) in [6, 6.07) is 6.86. The van der Waals surface area contributed by atoms with Crippen LogP contribution in [-0.4, -0.2) is 11.0 Å². The number of hydrogen-bond donors (Lipinski definition) is 2. The minimum atomic E-state index is -0.178. The van der Waals surface area contributed by atoms with Crippen molar-refractivity contribution in [3.8, 4) is 5.75 Å². The normalized spacial score (nSPS) is 10.2. The number of phenolic OH excluding ortho intramolecular Hbond substituents is 1. The molecule has 0 bridgehead atoms. The number of benzene rings is 1. The maximum absolute atomic E-state index is 11.8. The van der Waals surface area contributed by atoms with Crippen molar-refractivity contribution in [2.75, 3.05) is 0 Å². The maximum Gasteiger partial charge on any atom is 0.251 e. The van der Waals surface area contributed by atoms with Crippen LogP contribution in [0.4, 0.5) is 0 Å². The summed E-state index contributed by atoms with van der Waals surface area (Å²) in [5.74, 6) is -0.0447. The molecule has 1 amide bonds. The first kappa shape index (κ1) is 12.4. The number of rotatable bonds is 3. The van der Waals surface area contributed by atoms with E-state index in [4.69, 9.17) is 0 Å². The van der Waals surface area contributed by atoms with E-state index in [1.807, 2.05) is 39.4 Å². The Bertz CT molecular complexity index is 525. The van der Waals surface area contributed by atoms with E-state index in [1.54, 1.807) is 23.5 Å². The van der Waals surface area contributed by atoms with Crippen molar-refractivity contribution in [2.24, 2.45) is 0 Å². The van der Waals surface area contributed by atoms with Crippen LogP contribution in [0.1, 0.15) is 15.9 Å². The molecule has 88 valence electrons. The van der Waals surface area contributed by atoms with Gasteiger partial charge < -0.3 is 10.4 Å². The molecule has 0 aliphatic rings. The molecule has 17 heavy (non-hydrogen) atoms. The molecule has 1 heterocycles. The number of phenols is 1. The van der Waals surface area contributed by atoms with E-state index >= 15 is 0 Å². The lowest BCUT2D eigenvalue weighted by atomic mass is 10.2. The summed E-state index contributed by atoms with van der Waals surface area (Å²) in [7, 11) is 0. The first-order valence-electron chi connectivity index (χ1n) is 4.94. The summed E-state index contributed by atoms with van der Waals surface area (Å²) in [5, 5.41) is 16.3.